The first-order chi connectivity index (χ1) is 24.0. The Bertz CT molecular complexity index is 3020. The van der Waals surface area contributed by atoms with E-state index in [0.29, 0.717) is 0 Å². The molecular weight excluding hydrogens is 593 g/mol. The molecule has 1 nitrogen and oxygen atoms in total. The van der Waals surface area contributed by atoms with Gasteiger partial charge in [0, 0.05) is 21.9 Å². The first-order valence-corrected chi connectivity index (χ1v) is 16.9. The Morgan fingerprint density at radius 2 is 0.980 bits per heavy atom. The van der Waals surface area contributed by atoms with Crippen LogP contribution in [0.2, 0.25) is 0 Å². The van der Waals surface area contributed by atoms with Gasteiger partial charge in [0.25, 0.3) is 0 Å². The van der Waals surface area contributed by atoms with Crippen molar-refractivity contribution >= 4 is 86.9 Å². The summed E-state index contributed by atoms with van der Waals surface area (Å²) in [7, 11) is 0. The zero-order valence-electron chi connectivity index (χ0n) is 27.5. The molecule has 10 rings (SSSR count). The third kappa shape index (κ3) is 3.93. The van der Waals surface area contributed by atoms with E-state index >= 15 is 0 Å². The lowest BCUT2D eigenvalue weighted by Crippen LogP contribution is -1.95. The average Bonchev–Trinajstić information content (AvgIpc) is 3.52. The molecule has 230 valence electrons. The summed E-state index contributed by atoms with van der Waals surface area (Å²) in [5.74, 6) is 0. The molecule has 0 aliphatic heterocycles. The van der Waals surface area contributed by atoms with Gasteiger partial charge in [-0.25, -0.2) is 0 Å². The third-order valence-corrected chi connectivity index (χ3v) is 10.6. The summed E-state index contributed by atoms with van der Waals surface area (Å²) in [6.45, 7) is 12.9. The van der Waals surface area contributed by atoms with E-state index in [4.69, 9.17) is 4.42 Å². The predicted molar refractivity (Wildman–Crippen MR) is 213 cm³/mol. The van der Waals surface area contributed by atoms with Gasteiger partial charge in [-0.1, -0.05) is 140 Å². The number of furan rings is 1. The van der Waals surface area contributed by atoms with Crippen molar-refractivity contribution in [2.24, 2.45) is 0 Å². The molecule has 0 N–H and O–H groups in total. The normalized spacial score (nSPS) is 12.0. The average molecular weight is 625 g/mol. The number of para-hydroxylation sites is 2. The number of hydrogen-bond acceptors (Lipinski definition) is 1. The predicted octanol–water partition coefficient (Wildman–Crippen LogP) is 14.2. The van der Waals surface area contributed by atoms with Crippen LogP contribution in [0.15, 0.2) is 151 Å². The molecule has 0 unspecified atom stereocenters. The number of hydrogen-bond donors (Lipinski definition) is 0. The SMILES string of the molecule is C=C(C)c1ccc2c(-c3cccc4c3oc3ccccc34)c3cc(C(=C)C)ccc3c(-c3ccc4ccc5cccc6ccc3c4c56)c2c1. The van der Waals surface area contributed by atoms with Crippen molar-refractivity contribution in [3.63, 3.8) is 0 Å². The van der Waals surface area contributed by atoms with Crippen LogP contribution in [-0.2, 0) is 0 Å². The van der Waals surface area contributed by atoms with Crippen LogP contribution < -0.4 is 0 Å². The van der Waals surface area contributed by atoms with Crippen LogP contribution in [0, 0.1) is 0 Å². The fraction of sp³-hybridized carbons (Fsp3) is 0.0417. The van der Waals surface area contributed by atoms with E-state index in [1.165, 1.54) is 70.6 Å². The lowest BCUT2D eigenvalue weighted by atomic mass is 9.82. The van der Waals surface area contributed by atoms with Crippen LogP contribution >= 0.6 is 0 Å². The minimum atomic E-state index is 0.899. The standard InChI is InChI=1S/C48H32O/c1-27(2)32-20-24-38-41(25-32)46(36-22-18-31-16-15-29-9-7-10-30-17-21-35(36)45(31)44(29)30)37-23-19-33(28(3)4)26-42(37)47(38)40-13-8-12-39-34-11-5-6-14-43(34)49-48(39)40/h5-26H,1,3H2,2,4H3. The van der Waals surface area contributed by atoms with E-state index in [9.17, 15) is 0 Å². The second kappa shape index (κ2) is 10.2. The highest BCUT2D eigenvalue weighted by molar-refractivity contribution is 6.30. The molecule has 0 saturated heterocycles. The van der Waals surface area contributed by atoms with Gasteiger partial charge < -0.3 is 4.42 Å². The zero-order valence-corrected chi connectivity index (χ0v) is 27.5. The molecule has 9 aromatic carbocycles. The summed E-state index contributed by atoms with van der Waals surface area (Å²) >= 11 is 0. The molecule has 0 spiro atoms. The summed E-state index contributed by atoms with van der Waals surface area (Å²) in [5, 5.41) is 14.7. The Balaban J connectivity index is 1.42. The Hall–Kier alpha value is -6.18. The molecule has 0 radical (unpaired) electrons. The maximum Gasteiger partial charge on any atom is 0.143 e. The van der Waals surface area contributed by atoms with Crippen molar-refractivity contribution in [1.29, 1.82) is 0 Å². The number of allylic oxidation sites excluding steroid dienone is 2. The van der Waals surface area contributed by atoms with E-state index in [-0.39, 0.29) is 0 Å². The molecule has 0 saturated carbocycles. The summed E-state index contributed by atoms with van der Waals surface area (Å²) in [6, 6.07) is 49.0. The van der Waals surface area contributed by atoms with Crippen LogP contribution in [0.25, 0.3) is 109 Å². The highest BCUT2D eigenvalue weighted by atomic mass is 16.3. The molecule has 1 aromatic heterocycles. The van der Waals surface area contributed by atoms with Gasteiger partial charge in [-0.2, -0.15) is 0 Å². The van der Waals surface area contributed by atoms with Crippen LogP contribution in [0.4, 0.5) is 0 Å². The van der Waals surface area contributed by atoms with E-state index in [1.54, 1.807) is 0 Å². The molecule has 0 atom stereocenters. The molecule has 49 heavy (non-hydrogen) atoms. The maximum atomic E-state index is 6.68. The second-order valence-electron chi connectivity index (χ2n) is 13.6. The van der Waals surface area contributed by atoms with Gasteiger partial charge >= 0.3 is 0 Å². The van der Waals surface area contributed by atoms with Crippen molar-refractivity contribution in [3.8, 4) is 22.3 Å². The second-order valence-corrected chi connectivity index (χ2v) is 13.6. The Kier molecular flexibility index (Phi) is 5.78. The lowest BCUT2D eigenvalue weighted by Gasteiger charge is -2.21. The Morgan fingerprint density at radius 1 is 0.429 bits per heavy atom. The molecule has 1 heteroatoms. The first kappa shape index (κ1) is 27.9. The summed E-state index contributed by atoms with van der Waals surface area (Å²) in [6.07, 6.45) is 0. The van der Waals surface area contributed by atoms with Gasteiger partial charge in [0.05, 0.1) is 0 Å². The van der Waals surface area contributed by atoms with Crippen LogP contribution in [0.5, 0.6) is 0 Å². The summed E-state index contributed by atoms with van der Waals surface area (Å²) in [5.41, 5.74) is 10.9. The van der Waals surface area contributed by atoms with E-state index in [2.05, 4.69) is 154 Å². The maximum absolute atomic E-state index is 6.68. The van der Waals surface area contributed by atoms with Crippen LogP contribution in [0.3, 0.4) is 0 Å². The van der Waals surface area contributed by atoms with Crippen molar-refractivity contribution in [1.82, 2.24) is 0 Å². The van der Waals surface area contributed by atoms with Crippen molar-refractivity contribution in [2.75, 3.05) is 0 Å². The monoisotopic (exact) mass is 624 g/mol. The Morgan fingerprint density at radius 3 is 1.67 bits per heavy atom. The molecule has 0 aliphatic rings. The first-order valence-electron chi connectivity index (χ1n) is 16.9. The van der Waals surface area contributed by atoms with Crippen LogP contribution in [0.1, 0.15) is 25.0 Å². The number of benzene rings is 9. The molecule has 0 aliphatic carbocycles. The van der Waals surface area contributed by atoms with Gasteiger partial charge in [-0.3, -0.25) is 0 Å². The minimum Gasteiger partial charge on any atom is -0.455 e. The van der Waals surface area contributed by atoms with Gasteiger partial charge in [0.15, 0.2) is 0 Å². The van der Waals surface area contributed by atoms with E-state index < -0.39 is 0 Å². The van der Waals surface area contributed by atoms with Crippen molar-refractivity contribution < 1.29 is 4.42 Å². The number of fused-ring (bicyclic) bond motifs is 5. The van der Waals surface area contributed by atoms with E-state index in [0.717, 1.165) is 49.8 Å². The summed E-state index contributed by atoms with van der Waals surface area (Å²) < 4.78 is 6.68. The highest BCUT2D eigenvalue weighted by Crippen LogP contribution is 2.49. The fourth-order valence-electron chi connectivity index (χ4n) is 8.24. The smallest absolute Gasteiger partial charge is 0.143 e. The third-order valence-electron chi connectivity index (χ3n) is 10.6. The number of rotatable bonds is 4. The zero-order chi connectivity index (χ0) is 33.0. The molecule has 10 aromatic rings. The highest BCUT2D eigenvalue weighted by Gasteiger charge is 2.23. The van der Waals surface area contributed by atoms with Gasteiger partial charge in [0.2, 0.25) is 0 Å². The molecule has 0 amide bonds. The molecule has 0 bridgehead atoms. The van der Waals surface area contributed by atoms with Gasteiger partial charge in [0.1, 0.15) is 11.2 Å². The molecule has 1 heterocycles. The van der Waals surface area contributed by atoms with Crippen molar-refractivity contribution in [3.05, 3.63) is 158 Å². The van der Waals surface area contributed by atoms with Gasteiger partial charge in [-0.05, 0) is 108 Å². The minimum absolute atomic E-state index is 0.899. The van der Waals surface area contributed by atoms with Crippen molar-refractivity contribution in [2.45, 2.75) is 13.8 Å². The molecular formula is C48H32O. The Labute approximate surface area is 284 Å². The molecule has 0 fully saturated rings. The topological polar surface area (TPSA) is 13.1 Å². The largest absolute Gasteiger partial charge is 0.455 e. The fourth-order valence-corrected chi connectivity index (χ4v) is 8.24. The van der Waals surface area contributed by atoms with Gasteiger partial charge in [-0.15, -0.1) is 0 Å². The quantitative estimate of drug-likeness (QED) is 0.140. The van der Waals surface area contributed by atoms with E-state index in [1.807, 2.05) is 6.07 Å². The summed E-state index contributed by atoms with van der Waals surface area (Å²) in [4.78, 5) is 0. The lowest BCUT2D eigenvalue weighted by molar-refractivity contribution is 0.670. The van der Waals surface area contributed by atoms with Crippen LogP contribution in [-0.4, -0.2) is 0 Å².